The van der Waals surface area contributed by atoms with E-state index in [-0.39, 0.29) is 31.6 Å². The lowest BCUT2D eigenvalue weighted by atomic mass is 9.73. The van der Waals surface area contributed by atoms with Crippen LogP contribution in [0.3, 0.4) is 0 Å². The SMILES string of the molecule is CC[C@]12C=CCOC(=O)[C@H]1[C@H]1C(=O)N([C@@H](CO)Cc3ccccc3)C3C(=O)N(c4cc(C)ccc4C)CC=C[C@@]31O2. The Morgan fingerprint density at radius 1 is 1.00 bits per heavy atom. The van der Waals surface area contributed by atoms with E-state index in [1.807, 2.05) is 87.5 Å². The Hall–Kier alpha value is -3.75. The van der Waals surface area contributed by atoms with Gasteiger partial charge in [0.2, 0.25) is 5.91 Å². The monoisotopic (exact) mass is 556 g/mol. The number of hydrogen-bond donors (Lipinski definition) is 1. The fraction of sp³-hybridized carbons (Fsp3) is 0.424. The summed E-state index contributed by atoms with van der Waals surface area (Å²) in [6, 6.07) is 13.7. The van der Waals surface area contributed by atoms with Gasteiger partial charge in [-0.25, -0.2) is 0 Å². The molecule has 2 amide bonds. The first-order chi connectivity index (χ1) is 19.8. The minimum atomic E-state index is -1.41. The third kappa shape index (κ3) is 4.15. The molecule has 41 heavy (non-hydrogen) atoms. The average Bonchev–Trinajstić information content (AvgIpc) is 3.26. The second-order valence-corrected chi connectivity index (χ2v) is 11.6. The summed E-state index contributed by atoms with van der Waals surface area (Å²) >= 11 is 0. The molecule has 0 aromatic heterocycles. The van der Waals surface area contributed by atoms with Crippen LogP contribution in [-0.2, 0) is 30.3 Å². The molecule has 2 fully saturated rings. The number of aliphatic hydroxyl groups excluding tert-OH is 1. The maximum Gasteiger partial charge on any atom is 0.313 e. The van der Waals surface area contributed by atoms with Gasteiger partial charge in [0, 0.05) is 12.2 Å². The molecule has 1 N–H and O–H groups in total. The van der Waals surface area contributed by atoms with Crippen LogP contribution >= 0.6 is 0 Å². The first kappa shape index (κ1) is 27.4. The van der Waals surface area contributed by atoms with Crippen LogP contribution in [0.5, 0.6) is 0 Å². The first-order valence-corrected chi connectivity index (χ1v) is 14.3. The van der Waals surface area contributed by atoms with Gasteiger partial charge in [-0.3, -0.25) is 14.4 Å². The minimum Gasteiger partial charge on any atom is -0.461 e. The highest BCUT2D eigenvalue weighted by atomic mass is 16.6. The van der Waals surface area contributed by atoms with E-state index in [1.165, 1.54) is 4.90 Å². The summed E-state index contributed by atoms with van der Waals surface area (Å²) < 4.78 is 12.5. The molecule has 6 rings (SSSR count). The van der Waals surface area contributed by atoms with Gasteiger partial charge < -0.3 is 24.4 Å². The predicted molar refractivity (Wildman–Crippen MR) is 153 cm³/mol. The van der Waals surface area contributed by atoms with Crippen molar-refractivity contribution in [1.82, 2.24) is 4.90 Å². The number of carbonyl (C=O) groups is 3. The van der Waals surface area contributed by atoms with Crippen molar-refractivity contribution in [2.45, 2.75) is 56.9 Å². The van der Waals surface area contributed by atoms with Crippen LogP contribution in [0.2, 0.25) is 0 Å². The van der Waals surface area contributed by atoms with Gasteiger partial charge in [0.1, 0.15) is 29.8 Å². The molecule has 1 unspecified atom stereocenters. The molecule has 2 aromatic rings. The summed E-state index contributed by atoms with van der Waals surface area (Å²) in [4.78, 5) is 46.1. The predicted octanol–water partition coefficient (Wildman–Crippen LogP) is 3.28. The van der Waals surface area contributed by atoms with Gasteiger partial charge in [0.05, 0.1) is 18.6 Å². The number of anilines is 1. The number of likely N-dealkylation sites (tertiary alicyclic amines) is 1. The van der Waals surface area contributed by atoms with E-state index < -0.39 is 41.1 Å². The van der Waals surface area contributed by atoms with Gasteiger partial charge in [-0.2, -0.15) is 0 Å². The maximum atomic E-state index is 14.8. The van der Waals surface area contributed by atoms with Crippen molar-refractivity contribution in [3.8, 4) is 0 Å². The fourth-order valence-corrected chi connectivity index (χ4v) is 7.29. The number of amides is 2. The van der Waals surface area contributed by atoms with Crippen molar-refractivity contribution >= 4 is 23.5 Å². The summed E-state index contributed by atoms with van der Waals surface area (Å²) in [6.07, 6.45) is 8.07. The van der Waals surface area contributed by atoms with Crippen LogP contribution in [0.4, 0.5) is 5.69 Å². The quantitative estimate of drug-likeness (QED) is 0.434. The second-order valence-electron chi connectivity index (χ2n) is 11.6. The highest BCUT2D eigenvalue weighted by Gasteiger charge is 2.76. The average molecular weight is 557 g/mol. The number of nitrogens with zero attached hydrogens (tertiary/aromatic N) is 2. The van der Waals surface area contributed by atoms with Crippen molar-refractivity contribution in [3.05, 3.63) is 89.5 Å². The van der Waals surface area contributed by atoms with Crippen LogP contribution in [0.25, 0.3) is 0 Å². The van der Waals surface area contributed by atoms with E-state index in [1.54, 1.807) is 11.0 Å². The van der Waals surface area contributed by atoms with Crippen molar-refractivity contribution in [2.75, 3.05) is 24.7 Å². The van der Waals surface area contributed by atoms with Crippen molar-refractivity contribution in [3.63, 3.8) is 0 Å². The Balaban J connectivity index is 1.53. The van der Waals surface area contributed by atoms with Gasteiger partial charge in [-0.15, -0.1) is 0 Å². The number of benzene rings is 2. The van der Waals surface area contributed by atoms with E-state index >= 15 is 0 Å². The number of esters is 1. The number of aliphatic hydroxyl groups is 1. The Morgan fingerprint density at radius 3 is 2.51 bits per heavy atom. The van der Waals surface area contributed by atoms with Crippen molar-refractivity contribution < 1.29 is 29.0 Å². The molecule has 0 radical (unpaired) electrons. The third-order valence-corrected chi connectivity index (χ3v) is 9.21. The molecule has 0 bridgehead atoms. The number of hydrogen-bond acceptors (Lipinski definition) is 6. The molecule has 4 aliphatic heterocycles. The van der Waals surface area contributed by atoms with Crippen molar-refractivity contribution in [2.24, 2.45) is 11.8 Å². The van der Waals surface area contributed by atoms with Crippen LogP contribution in [0, 0.1) is 25.7 Å². The summed E-state index contributed by atoms with van der Waals surface area (Å²) in [6.45, 7) is 5.88. The Morgan fingerprint density at radius 2 is 1.78 bits per heavy atom. The number of fused-ring (bicyclic) bond motifs is 2. The molecule has 214 valence electrons. The lowest BCUT2D eigenvalue weighted by molar-refractivity contribution is -0.159. The number of aryl methyl sites for hydroxylation is 2. The van der Waals surface area contributed by atoms with Crippen LogP contribution in [0.15, 0.2) is 72.8 Å². The van der Waals surface area contributed by atoms with Crippen LogP contribution < -0.4 is 4.90 Å². The van der Waals surface area contributed by atoms with Crippen molar-refractivity contribution in [1.29, 1.82) is 0 Å². The summed E-state index contributed by atoms with van der Waals surface area (Å²) in [7, 11) is 0. The second kappa shape index (κ2) is 10.3. The molecule has 8 heteroatoms. The number of carbonyl (C=O) groups excluding carboxylic acids is 3. The fourth-order valence-electron chi connectivity index (χ4n) is 7.29. The molecule has 0 saturated carbocycles. The highest BCUT2D eigenvalue weighted by Crippen LogP contribution is 2.59. The van der Waals surface area contributed by atoms with E-state index in [4.69, 9.17) is 9.47 Å². The molecule has 2 aromatic carbocycles. The Bertz CT molecular complexity index is 1440. The zero-order valence-corrected chi connectivity index (χ0v) is 23.7. The lowest BCUT2D eigenvalue weighted by Gasteiger charge is -2.40. The van der Waals surface area contributed by atoms with E-state index in [2.05, 4.69) is 0 Å². The minimum absolute atomic E-state index is 0.101. The zero-order valence-electron chi connectivity index (χ0n) is 23.7. The first-order valence-electron chi connectivity index (χ1n) is 14.3. The molecule has 6 atom stereocenters. The molecule has 0 aliphatic carbocycles. The molecule has 4 aliphatic rings. The largest absolute Gasteiger partial charge is 0.461 e. The van der Waals surface area contributed by atoms with Crippen LogP contribution in [-0.4, -0.2) is 70.8 Å². The van der Waals surface area contributed by atoms with Gasteiger partial charge >= 0.3 is 5.97 Å². The third-order valence-electron chi connectivity index (χ3n) is 9.21. The molecular weight excluding hydrogens is 520 g/mol. The van der Waals surface area contributed by atoms with E-state index in [9.17, 15) is 19.5 Å². The number of rotatable bonds is 6. The Kier molecular flexibility index (Phi) is 6.86. The van der Waals surface area contributed by atoms with E-state index in [0.29, 0.717) is 12.8 Å². The van der Waals surface area contributed by atoms with Crippen LogP contribution in [0.1, 0.15) is 30.0 Å². The van der Waals surface area contributed by atoms with Gasteiger partial charge in [-0.1, -0.05) is 67.6 Å². The van der Waals surface area contributed by atoms with Gasteiger partial charge in [0.25, 0.3) is 5.91 Å². The summed E-state index contributed by atoms with van der Waals surface area (Å²) in [5.41, 5.74) is 1.12. The topological polar surface area (TPSA) is 96.4 Å². The molecule has 4 heterocycles. The highest BCUT2D eigenvalue weighted by molar-refractivity contribution is 6.06. The normalized spacial score (nSPS) is 31.3. The number of cyclic esters (lactones) is 1. The maximum absolute atomic E-state index is 14.8. The smallest absolute Gasteiger partial charge is 0.313 e. The van der Waals surface area contributed by atoms with E-state index in [0.717, 1.165) is 22.4 Å². The number of ether oxygens (including phenoxy) is 2. The molecule has 2 saturated heterocycles. The standard InChI is InChI=1S/C33H36N2O6/c1-4-32-14-9-17-40-31(39)27(32)26-29(37)35(24(20-36)19-23-10-6-5-7-11-23)28-30(38)34(16-8-15-33(26,28)41-32)25-18-21(2)12-13-22(25)3/h5-15,18,24,26-28,36H,4,16-17,19-20H2,1-3H3/t24-,26+,27-,28?,32+,33+/m1/s1. The van der Waals surface area contributed by atoms with Gasteiger partial charge in [0.15, 0.2) is 0 Å². The lowest BCUT2D eigenvalue weighted by Crippen LogP contribution is -2.59. The molecular formula is C33H36N2O6. The zero-order chi connectivity index (χ0) is 28.9. The van der Waals surface area contributed by atoms with Gasteiger partial charge in [-0.05, 0) is 55.5 Å². The summed E-state index contributed by atoms with van der Waals surface area (Å²) in [5, 5.41) is 10.7. The Labute approximate surface area is 240 Å². The molecule has 1 spiro atoms. The molecule has 8 nitrogen and oxygen atoms in total. The summed E-state index contributed by atoms with van der Waals surface area (Å²) in [5.74, 6) is -3.09.